The minimum atomic E-state index is -4.64. The molecule has 0 aliphatic carbocycles. The number of alkyl halides is 3. The number of halogens is 3. The van der Waals surface area contributed by atoms with Gasteiger partial charge < -0.3 is 10.3 Å². The highest BCUT2D eigenvalue weighted by atomic mass is 19.4. The highest BCUT2D eigenvalue weighted by molar-refractivity contribution is 5.70. The Morgan fingerprint density at radius 3 is 2.44 bits per heavy atom. The van der Waals surface area contributed by atoms with Gasteiger partial charge in [0.15, 0.2) is 0 Å². The first kappa shape index (κ1) is 10.5. The Labute approximate surface area is 87.9 Å². The minimum Gasteiger partial charge on any atom is -0.398 e. The number of rotatable bonds is 1. The molecule has 7 heteroatoms. The Morgan fingerprint density at radius 1 is 1.19 bits per heavy atom. The molecule has 0 fully saturated rings. The van der Waals surface area contributed by atoms with Gasteiger partial charge in [-0.2, -0.15) is 18.2 Å². The van der Waals surface area contributed by atoms with Crippen molar-refractivity contribution in [2.24, 2.45) is 0 Å². The van der Waals surface area contributed by atoms with Crippen LogP contribution in [0.2, 0.25) is 0 Å². The fraction of sp³-hybridized carbons (Fsp3) is 0.111. The van der Waals surface area contributed by atoms with Gasteiger partial charge in [0.2, 0.25) is 5.82 Å². The molecule has 0 saturated heterocycles. The fourth-order valence-corrected chi connectivity index (χ4v) is 1.15. The standard InChI is InChI=1S/C9H6F3N3O/c10-9(11,12)8-14-7(15-16-8)5-3-1-2-4-6(5)13/h1-4H,13H2. The third-order valence-electron chi connectivity index (χ3n) is 1.87. The van der Waals surface area contributed by atoms with E-state index < -0.39 is 12.1 Å². The number of hydrogen-bond acceptors (Lipinski definition) is 4. The molecule has 1 aromatic carbocycles. The number of aromatic nitrogens is 2. The molecular weight excluding hydrogens is 223 g/mol. The van der Waals surface area contributed by atoms with Gasteiger partial charge in [0.25, 0.3) is 0 Å². The smallest absolute Gasteiger partial charge is 0.398 e. The van der Waals surface area contributed by atoms with E-state index in [0.29, 0.717) is 5.56 Å². The summed E-state index contributed by atoms with van der Waals surface area (Å²) in [6, 6.07) is 6.33. The topological polar surface area (TPSA) is 64.9 Å². The zero-order valence-corrected chi connectivity index (χ0v) is 7.82. The van der Waals surface area contributed by atoms with Crippen LogP contribution in [0.3, 0.4) is 0 Å². The Hall–Kier alpha value is -2.05. The summed E-state index contributed by atoms with van der Waals surface area (Å²) >= 11 is 0. The SMILES string of the molecule is Nc1ccccc1-c1noc(C(F)(F)F)n1. The minimum absolute atomic E-state index is 0.176. The number of nitrogen functional groups attached to an aromatic ring is 1. The van der Waals surface area contributed by atoms with E-state index in [0.717, 1.165) is 0 Å². The van der Waals surface area contributed by atoms with Gasteiger partial charge in [0.1, 0.15) is 0 Å². The van der Waals surface area contributed by atoms with Gasteiger partial charge in [-0.25, -0.2) is 0 Å². The van der Waals surface area contributed by atoms with Crippen molar-refractivity contribution in [3.05, 3.63) is 30.2 Å². The summed E-state index contributed by atoms with van der Waals surface area (Å²) < 4.78 is 40.7. The van der Waals surface area contributed by atoms with Crippen molar-refractivity contribution >= 4 is 5.69 Å². The van der Waals surface area contributed by atoms with E-state index in [1.165, 1.54) is 6.07 Å². The lowest BCUT2D eigenvalue weighted by atomic mass is 10.2. The third kappa shape index (κ3) is 1.83. The summed E-state index contributed by atoms with van der Waals surface area (Å²) in [5, 5.41) is 3.23. The largest absolute Gasteiger partial charge is 0.471 e. The lowest BCUT2D eigenvalue weighted by Gasteiger charge is -1.98. The van der Waals surface area contributed by atoms with Gasteiger partial charge in [-0.1, -0.05) is 17.3 Å². The first-order valence-electron chi connectivity index (χ1n) is 4.24. The predicted octanol–water partition coefficient (Wildman–Crippen LogP) is 2.34. The molecule has 0 amide bonds. The highest BCUT2D eigenvalue weighted by Gasteiger charge is 2.38. The van der Waals surface area contributed by atoms with Crippen molar-refractivity contribution in [3.63, 3.8) is 0 Å². The zero-order valence-electron chi connectivity index (χ0n) is 7.82. The molecule has 4 nitrogen and oxygen atoms in total. The van der Waals surface area contributed by atoms with Crippen LogP contribution in [0.25, 0.3) is 11.4 Å². The lowest BCUT2D eigenvalue weighted by Crippen LogP contribution is -2.04. The number of nitrogens with zero attached hydrogens (tertiary/aromatic N) is 2. The summed E-state index contributed by atoms with van der Waals surface area (Å²) in [7, 11) is 0. The second-order valence-electron chi connectivity index (χ2n) is 3.01. The van der Waals surface area contributed by atoms with E-state index in [2.05, 4.69) is 14.7 Å². The summed E-state index contributed by atoms with van der Waals surface area (Å²) in [4.78, 5) is 3.23. The van der Waals surface area contributed by atoms with Crippen LogP contribution in [-0.4, -0.2) is 10.1 Å². The van der Waals surface area contributed by atoms with Gasteiger partial charge in [0, 0.05) is 11.3 Å². The number of hydrogen-bond donors (Lipinski definition) is 1. The van der Waals surface area contributed by atoms with E-state index >= 15 is 0 Å². The molecule has 2 aromatic rings. The molecule has 1 heterocycles. The summed E-state index contributed by atoms with van der Waals surface area (Å²) in [6.45, 7) is 0. The molecule has 0 atom stereocenters. The van der Waals surface area contributed by atoms with Crippen LogP contribution in [0, 0.1) is 0 Å². The van der Waals surface area contributed by atoms with Crippen LogP contribution in [0.4, 0.5) is 18.9 Å². The number of nitrogens with two attached hydrogens (primary N) is 1. The molecule has 16 heavy (non-hydrogen) atoms. The third-order valence-corrected chi connectivity index (χ3v) is 1.87. The summed E-state index contributed by atoms with van der Waals surface area (Å²) in [5.41, 5.74) is 6.16. The monoisotopic (exact) mass is 229 g/mol. The van der Waals surface area contributed by atoms with Crippen molar-refractivity contribution in [1.29, 1.82) is 0 Å². The molecule has 0 unspecified atom stereocenters. The molecule has 0 saturated carbocycles. The number of benzene rings is 1. The molecule has 1 aromatic heterocycles. The number of anilines is 1. The summed E-state index contributed by atoms with van der Waals surface area (Å²) in [6.07, 6.45) is -4.64. The van der Waals surface area contributed by atoms with Crippen molar-refractivity contribution in [1.82, 2.24) is 10.1 Å². The maximum Gasteiger partial charge on any atom is 0.471 e. The molecule has 0 aliphatic rings. The van der Waals surface area contributed by atoms with Gasteiger partial charge in [-0.05, 0) is 12.1 Å². The summed E-state index contributed by atoms with van der Waals surface area (Å²) in [5.74, 6) is -1.56. The van der Waals surface area contributed by atoms with Crippen LogP contribution in [0.5, 0.6) is 0 Å². The van der Waals surface area contributed by atoms with E-state index in [-0.39, 0.29) is 11.5 Å². The van der Waals surface area contributed by atoms with Gasteiger partial charge in [0.05, 0.1) is 0 Å². The van der Waals surface area contributed by atoms with E-state index in [4.69, 9.17) is 5.73 Å². The van der Waals surface area contributed by atoms with Crippen LogP contribution >= 0.6 is 0 Å². The predicted molar refractivity (Wildman–Crippen MR) is 49.1 cm³/mol. The second kappa shape index (κ2) is 3.51. The van der Waals surface area contributed by atoms with Crippen molar-refractivity contribution in [2.45, 2.75) is 6.18 Å². The van der Waals surface area contributed by atoms with Crippen LogP contribution in [-0.2, 0) is 6.18 Å². The van der Waals surface area contributed by atoms with E-state index in [9.17, 15) is 13.2 Å². The van der Waals surface area contributed by atoms with Gasteiger partial charge >= 0.3 is 12.1 Å². The Morgan fingerprint density at radius 2 is 1.88 bits per heavy atom. The molecule has 84 valence electrons. The van der Waals surface area contributed by atoms with Gasteiger partial charge in [-0.15, -0.1) is 0 Å². The lowest BCUT2D eigenvalue weighted by molar-refractivity contribution is -0.159. The molecule has 0 aliphatic heterocycles. The first-order chi connectivity index (χ1) is 7.48. The maximum absolute atomic E-state index is 12.2. The molecule has 0 bridgehead atoms. The quantitative estimate of drug-likeness (QED) is 0.762. The molecule has 2 N–H and O–H groups in total. The maximum atomic E-state index is 12.2. The molecule has 0 spiro atoms. The fourth-order valence-electron chi connectivity index (χ4n) is 1.15. The van der Waals surface area contributed by atoms with E-state index in [1.807, 2.05) is 0 Å². The second-order valence-corrected chi connectivity index (χ2v) is 3.01. The van der Waals surface area contributed by atoms with E-state index in [1.54, 1.807) is 18.2 Å². The van der Waals surface area contributed by atoms with Crippen molar-refractivity contribution < 1.29 is 17.7 Å². The Balaban J connectivity index is 2.44. The molecule has 0 radical (unpaired) electrons. The Kier molecular flexibility index (Phi) is 2.30. The van der Waals surface area contributed by atoms with Crippen LogP contribution in [0.1, 0.15) is 5.89 Å². The average Bonchev–Trinajstić information content (AvgIpc) is 2.66. The first-order valence-corrected chi connectivity index (χ1v) is 4.24. The van der Waals surface area contributed by atoms with Crippen LogP contribution < -0.4 is 5.73 Å². The van der Waals surface area contributed by atoms with Crippen molar-refractivity contribution in [3.8, 4) is 11.4 Å². The number of para-hydroxylation sites is 1. The van der Waals surface area contributed by atoms with Crippen molar-refractivity contribution in [2.75, 3.05) is 5.73 Å². The zero-order chi connectivity index (χ0) is 11.8. The highest BCUT2D eigenvalue weighted by Crippen LogP contribution is 2.30. The normalized spacial score (nSPS) is 11.7. The molecule has 2 rings (SSSR count). The average molecular weight is 229 g/mol. The van der Waals surface area contributed by atoms with Crippen LogP contribution in [0.15, 0.2) is 28.8 Å². The molecular formula is C9H6F3N3O. The Bertz CT molecular complexity index is 507. The van der Waals surface area contributed by atoms with Gasteiger partial charge in [-0.3, -0.25) is 0 Å².